The number of benzene rings is 1. The first-order valence-corrected chi connectivity index (χ1v) is 6.29. The van der Waals surface area contributed by atoms with Crippen LogP contribution in [-0.2, 0) is 20.7 Å². The molecule has 0 radical (unpaired) electrons. The van der Waals surface area contributed by atoms with E-state index in [-0.39, 0.29) is 11.8 Å². The van der Waals surface area contributed by atoms with Crippen molar-refractivity contribution in [1.29, 1.82) is 0 Å². The third-order valence-corrected chi connectivity index (χ3v) is 3.22. The minimum absolute atomic E-state index is 0.114. The second kappa shape index (κ2) is 5.84. The fraction of sp³-hybridized carbons (Fsp3) is 0.429. The Morgan fingerprint density at radius 1 is 1.42 bits per heavy atom. The standard InChI is InChI=1S/C14H18N2O3/c1-10(17)16-12-6-4-3-5-11(12)9-13(16)14(18)15-7-8-19-2/h3-6,13H,7-9H2,1-2H3,(H,15,18)/t13-/m1/s1. The molecule has 1 aromatic rings. The summed E-state index contributed by atoms with van der Waals surface area (Å²) in [6, 6.07) is 7.17. The first kappa shape index (κ1) is 13.5. The molecule has 0 fully saturated rings. The Bertz CT molecular complexity index is 487. The van der Waals surface area contributed by atoms with Gasteiger partial charge in [0.15, 0.2) is 0 Å². The fourth-order valence-electron chi connectivity index (χ4n) is 2.38. The third-order valence-electron chi connectivity index (χ3n) is 3.22. The Balaban J connectivity index is 2.14. The molecular weight excluding hydrogens is 244 g/mol. The molecule has 1 aliphatic rings. The molecule has 1 aliphatic heterocycles. The van der Waals surface area contributed by atoms with E-state index < -0.39 is 6.04 Å². The highest BCUT2D eigenvalue weighted by Crippen LogP contribution is 2.31. The molecule has 1 heterocycles. The number of para-hydroxylation sites is 1. The number of carbonyl (C=O) groups is 2. The van der Waals surface area contributed by atoms with Crippen molar-refractivity contribution in [3.63, 3.8) is 0 Å². The van der Waals surface area contributed by atoms with E-state index in [2.05, 4.69) is 5.32 Å². The minimum atomic E-state index is -0.452. The van der Waals surface area contributed by atoms with Crippen LogP contribution in [-0.4, -0.2) is 38.1 Å². The average molecular weight is 262 g/mol. The lowest BCUT2D eigenvalue weighted by atomic mass is 10.1. The van der Waals surface area contributed by atoms with Gasteiger partial charge in [0, 0.05) is 32.7 Å². The van der Waals surface area contributed by atoms with Gasteiger partial charge in [-0.2, -0.15) is 0 Å². The Morgan fingerprint density at radius 3 is 2.84 bits per heavy atom. The zero-order valence-corrected chi connectivity index (χ0v) is 11.2. The number of nitrogens with zero attached hydrogens (tertiary/aromatic N) is 1. The predicted molar refractivity (Wildman–Crippen MR) is 72.0 cm³/mol. The maximum atomic E-state index is 12.1. The monoisotopic (exact) mass is 262 g/mol. The zero-order chi connectivity index (χ0) is 13.8. The van der Waals surface area contributed by atoms with Gasteiger partial charge in [0.1, 0.15) is 6.04 Å². The number of methoxy groups -OCH3 is 1. The third kappa shape index (κ3) is 2.76. The summed E-state index contributed by atoms with van der Waals surface area (Å²) >= 11 is 0. The summed E-state index contributed by atoms with van der Waals surface area (Å²) in [5, 5.41) is 2.79. The van der Waals surface area contributed by atoms with Crippen LogP contribution in [0.15, 0.2) is 24.3 Å². The van der Waals surface area contributed by atoms with E-state index in [1.165, 1.54) is 6.92 Å². The van der Waals surface area contributed by atoms with Crippen molar-refractivity contribution in [1.82, 2.24) is 5.32 Å². The summed E-state index contributed by atoms with van der Waals surface area (Å²) in [6.07, 6.45) is 0.564. The summed E-state index contributed by atoms with van der Waals surface area (Å²) in [5.74, 6) is -0.250. The summed E-state index contributed by atoms with van der Waals surface area (Å²) in [7, 11) is 1.58. The molecule has 0 aliphatic carbocycles. The molecule has 0 unspecified atom stereocenters. The van der Waals surface area contributed by atoms with Crippen LogP contribution in [0.3, 0.4) is 0 Å². The van der Waals surface area contributed by atoms with Crippen LogP contribution in [0.4, 0.5) is 5.69 Å². The van der Waals surface area contributed by atoms with E-state index >= 15 is 0 Å². The first-order chi connectivity index (χ1) is 9.15. The number of carbonyl (C=O) groups excluding carboxylic acids is 2. The second-order valence-electron chi connectivity index (χ2n) is 4.52. The van der Waals surface area contributed by atoms with Crippen LogP contribution in [0.1, 0.15) is 12.5 Å². The lowest BCUT2D eigenvalue weighted by Crippen LogP contribution is -2.48. The average Bonchev–Trinajstić information content (AvgIpc) is 2.78. The van der Waals surface area contributed by atoms with Gasteiger partial charge >= 0.3 is 0 Å². The van der Waals surface area contributed by atoms with Gasteiger partial charge in [-0.1, -0.05) is 18.2 Å². The van der Waals surface area contributed by atoms with Crippen molar-refractivity contribution >= 4 is 17.5 Å². The van der Waals surface area contributed by atoms with E-state index in [0.717, 1.165) is 11.3 Å². The molecule has 0 aromatic heterocycles. The number of anilines is 1. The van der Waals surface area contributed by atoms with Gasteiger partial charge in [0.25, 0.3) is 0 Å². The van der Waals surface area contributed by atoms with Crippen molar-refractivity contribution in [2.24, 2.45) is 0 Å². The normalized spacial score (nSPS) is 17.2. The molecular formula is C14H18N2O3. The summed E-state index contributed by atoms with van der Waals surface area (Å²) in [6.45, 7) is 2.40. The molecule has 0 spiro atoms. The van der Waals surface area contributed by atoms with Crippen LogP contribution in [0.2, 0.25) is 0 Å². The smallest absolute Gasteiger partial charge is 0.243 e. The Kier molecular flexibility index (Phi) is 4.16. The van der Waals surface area contributed by atoms with Gasteiger partial charge < -0.3 is 10.1 Å². The molecule has 102 valence electrons. The van der Waals surface area contributed by atoms with Gasteiger partial charge in [-0.15, -0.1) is 0 Å². The molecule has 0 saturated carbocycles. The lowest BCUT2D eigenvalue weighted by molar-refractivity contribution is -0.125. The topological polar surface area (TPSA) is 58.6 Å². The zero-order valence-electron chi connectivity index (χ0n) is 11.2. The predicted octanol–water partition coefficient (Wildman–Crippen LogP) is 0.727. The number of nitrogens with one attached hydrogen (secondary N) is 1. The van der Waals surface area contributed by atoms with Gasteiger partial charge in [0.2, 0.25) is 11.8 Å². The molecule has 1 atom stereocenters. The number of hydrogen-bond donors (Lipinski definition) is 1. The summed E-state index contributed by atoms with van der Waals surface area (Å²) < 4.78 is 4.90. The second-order valence-corrected chi connectivity index (χ2v) is 4.52. The van der Waals surface area contributed by atoms with E-state index in [0.29, 0.717) is 19.6 Å². The highest BCUT2D eigenvalue weighted by molar-refractivity contribution is 6.02. The molecule has 5 nitrogen and oxygen atoms in total. The molecule has 1 N–H and O–H groups in total. The van der Waals surface area contributed by atoms with E-state index in [1.54, 1.807) is 12.0 Å². The highest BCUT2D eigenvalue weighted by Gasteiger charge is 2.36. The van der Waals surface area contributed by atoms with E-state index in [4.69, 9.17) is 4.74 Å². The number of ether oxygens (including phenoxy) is 1. The molecule has 0 bridgehead atoms. The number of rotatable bonds is 4. The van der Waals surface area contributed by atoms with Crippen LogP contribution in [0.25, 0.3) is 0 Å². The Morgan fingerprint density at radius 2 is 2.16 bits per heavy atom. The van der Waals surface area contributed by atoms with E-state index in [1.807, 2.05) is 24.3 Å². The largest absolute Gasteiger partial charge is 0.383 e. The van der Waals surface area contributed by atoms with Gasteiger partial charge in [-0.25, -0.2) is 0 Å². The molecule has 1 aromatic carbocycles. The maximum Gasteiger partial charge on any atom is 0.243 e. The van der Waals surface area contributed by atoms with Crippen LogP contribution < -0.4 is 10.2 Å². The van der Waals surface area contributed by atoms with Crippen molar-refractivity contribution in [2.45, 2.75) is 19.4 Å². The van der Waals surface area contributed by atoms with Gasteiger partial charge in [-0.3, -0.25) is 14.5 Å². The quantitative estimate of drug-likeness (QED) is 0.814. The summed E-state index contributed by atoms with van der Waals surface area (Å²) in [5.41, 5.74) is 1.87. The molecule has 2 amide bonds. The lowest BCUT2D eigenvalue weighted by Gasteiger charge is -2.23. The van der Waals surface area contributed by atoms with Crippen molar-refractivity contribution in [3.8, 4) is 0 Å². The number of fused-ring (bicyclic) bond motifs is 1. The summed E-state index contributed by atoms with van der Waals surface area (Å²) in [4.78, 5) is 25.5. The molecule has 2 rings (SSSR count). The Labute approximate surface area is 112 Å². The van der Waals surface area contributed by atoms with Crippen molar-refractivity contribution in [3.05, 3.63) is 29.8 Å². The SMILES string of the molecule is COCCNC(=O)[C@H]1Cc2ccccc2N1C(C)=O. The Hall–Kier alpha value is -1.88. The van der Waals surface area contributed by atoms with Crippen LogP contribution in [0, 0.1) is 0 Å². The molecule has 19 heavy (non-hydrogen) atoms. The number of hydrogen-bond acceptors (Lipinski definition) is 3. The molecule has 0 saturated heterocycles. The van der Waals surface area contributed by atoms with Gasteiger partial charge in [-0.05, 0) is 11.6 Å². The first-order valence-electron chi connectivity index (χ1n) is 6.29. The highest BCUT2D eigenvalue weighted by atomic mass is 16.5. The molecule has 5 heteroatoms. The van der Waals surface area contributed by atoms with Crippen molar-refractivity contribution < 1.29 is 14.3 Å². The maximum absolute atomic E-state index is 12.1. The van der Waals surface area contributed by atoms with Crippen molar-refractivity contribution in [2.75, 3.05) is 25.2 Å². The van der Waals surface area contributed by atoms with Crippen LogP contribution >= 0.6 is 0 Å². The van der Waals surface area contributed by atoms with Crippen LogP contribution in [0.5, 0.6) is 0 Å². The minimum Gasteiger partial charge on any atom is -0.383 e. The van der Waals surface area contributed by atoms with Gasteiger partial charge in [0.05, 0.1) is 6.61 Å². The fourth-order valence-corrected chi connectivity index (χ4v) is 2.38. The van der Waals surface area contributed by atoms with E-state index in [9.17, 15) is 9.59 Å². The number of amides is 2.